The van der Waals surface area contributed by atoms with Gasteiger partial charge in [-0.25, -0.2) is 4.79 Å². The van der Waals surface area contributed by atoms with Crippen molar-refractivity contribution >= 4 is 54.2 Å². The van der Waals surface area contributed by atoms with Gasteiger partial charge in [0.15, 0.2) is 0 Å². The van der Waals surface area contributed by atoms with Gasteiger partial charge in [0, 0.05) is 12.2 Å². The zero-order valence-electron chi connectivity index (χ0n) is 16.6. The lowest BCUT2D eigenvalue weighted by atomic mass is 10.1. The average molecular weight is 479 g/mol. The Morgan fingerprint density at radius 2 is 1.22 bits per heavy atom. The number of primary amides is 1. The smallest absolute Gasteiger partial charge is 0.327 e. The molecule has 10 N–H and O–H groups in total. The molecule has 4 atom stereocenters. The molecule has 0 aliphatic heterocycles. The van der Waals surface area contributed by atoms with Crippen LogP contribution in [0, 0.1) is 0 Å². The average Bonchev–Trinajstić information content (AvgIpc) is 2.67. The van der Waals surface area contributed by atoms with Crippen molar-refractivity contribution in [3.05, 3.63) is 0 Å². The van der Waals surface area contributed by atoms with Crippen LogP contribution in [-0.2, 0) is 33.6 Å². The molecule has 0 aromatic heterocycles. The van der Waals surface area contributed by atoms with Crippen LogP contribution >= 0.6 is 12.6 Å². The Labute approximate surface area is 186 Å². The zero-order valence-corrected chi connectivity index (χ0v) is 17.5. The molecule has 0 saturated carbocycles. The highest BCUT2D eigenvalue weighted by atomic mass is 32.1. The monoisotopic (exact) mass is 479 g/mol. The van der Waals surface area contributed by atoms with Gasteiger partial charge in [0.1, 0.15) is 18.1 Å². The number of amides is 4. The third kappa shape index (κ3) is 11.1. The fourth-order valence-electron chi connectivity index (χ4n) is 2.21. The van der Waals surface area contributed by atoms with Gasteiger partial charge >= 0.3 is 17.9 Å². The highest BCUT2D eigenvalue weighted by Crippen LogP contribution is 2.02. The van der Waals surface area contributed by atoms with Gasteiger partial charge in [-0.1, -0.05) is 0 Å². The molecular formula is C16H25N5O10S. The van der Waals surface area contributed by atoms with E-state index in [9.17, 15) is 33.6 Å². The topological polar surface area (TPSA) is 268 Å². The number of carbonyl (C=O) groups is 7. The van der Waals surface area contributed by atoms with Gasteiger partial charge in [0.2, 0.25) is 23.6 Å². The third-order valence-electron chi connectivity index (χ3n) is 3.85. The molecule has 0 fully saturated rings. The first kappa shape index (κ1) is 28.6. The van der Waals surface area contributed by atoms with Gasteiger partial charge < -0.3 is 42.7 Å². The summed E-state index contributed by atoms with van der Waals surface area (Å²) in [5.41, 5.74) is 10.6. The number of carbonyl (C=O) groups excluding carboxylic acids is 4. The summed E-state index contributed by atoms with van der Waals surface area (Å²) in [5.74, 6) is -8.90. The van der Waals surface area contributed by atoms with Crippen LogP contribution in [0.25, 0.3) is 0 Å². The summed E-state index contributed by atoms with van der Waals surface area (Å²) in [6, 6.07) is -6.26. The van der Waals surface area contributed by atoms with Crippen molar-refractivity contribution in [2.24, 2.45) is 11.5 Å². The Hall–Kier alpha value is -3.40. The van der Waals surface area contributed by atoms with Crippen LogP contribution in [0.2, 0.25) is 0 Å². The lowest BCUT2D eigenvalue weighted by Crippen LogP contribution is -2.58. The summed E-state index contributed by atoms with van der Waals surface area (Å²) < 4.78 is 0. The largest absolute Gasteiger partial charge is 0.481 e. The summed E-state index contributed by atoms with van der Waals surface area (Å²) in [5, 5.41) is 32.7. The van der Waals surface area contributed by atoms with E-state index in [4.69, 9.17) is 26.8 Å². The second-order valence-electron chi connectivity index (χ2n) is 6.51. The van der Waals surface area contributed by atoms with E-state index in [0.29, 0.717) is 0 Å². The summed E-state index contributed by atoms with van der Waals surface area (Å²) in [7, 11) is 0. The zero-order chi connectivity index (χ0) is 25.0. The minimum atomic E-state index is -1.77. The van der Waals surface area contributed by atoms with Crippen LogP contribution in [0.4, 0.5) is 0 Å². The van der Waals surface area contributed by atoms with E-state index in [1.807, 2.05) is 10.6 Å². The highest BCUT2D eigenvalue weighted by molar-refractivity contribution is 7.80. The summed E-state index contributed by atoms with van der Waals surface area (Å²) >= 11 is 3.75. The van der Waals surface area contributed by atoms with Gasteiger partial charge in [0.25, 0.3) is 0 Å². The van der Waals surface area contributed by atoms with Crippen LogP contribution in [-0.4, -0.2) is 86.8 Å². The number of rotatable bonds is 15. The fourth-order valence-corrected chi connectivity index (χ4v) is 2.46. The maximum atomic E-state index is 12.5. The molecule has 15 nitrogen and oxygen atoms in total. The van der Waals surface area contributed by atoms with Crippen molar-refractivity contribution in [1.29, 1.82) is 0 Å². The molecule has 4 amide bonds. The Morgan fingerprint density at radius 3 is 1.62 bits per heavy atom. The van der Waals surface area contributed by atoms with Gasteiger partial charge in [-0.3, -0.25) is 28.8 Å². The number of carboxylic acid groups (broad SMARTS) is 3. The fraction of sp³-hybridized carbons (Fsp3) is 0.562. The van der Waals surface area contributed by atoms with Crippen molar-refractivity contribution in [2.45, 2.75) is 49.9 Å². The minimum absolute atomic E-state index is 0.281. The molecule has 180 valence electrons. The van der Waals surface area contributed by atoms with E-state index in [0.717, 1.165) is 0 Å². The molecule has 0 rings (SSSR count). The van der Waals surface area contributed by atoms with Crippen LogP contribution in [0.3, 0.4) is 0 Å². The SMILES string of the molecule is NC(=O)CC(NC(=O)C(N)CCC(=O)O)C(=O)NC(CC(=O)O)C(=O)NC(CS)C(=O)O. The van der Waals surface area contributed by atoms with Crippen molar-refractivity contribution in [2.75, 3.05) is 5.75 Å². The number of hydrogen-bond donors (Lipinski definition) is 9. The molecule has 0 aromatic carbocycles. The van der Waals surface area contributed by atoms with Crippen LogP contribution in [0.5, 0.6) is 0 Å². The van der Waals surface area contributed by atoms with Crippen molar-refractivity contribution in [3.63, 3.8) is 0 Å². The molecule has 0 spiro atoms. The van der Waals surface area contributed by atoms with E-state index < -0.39 is 85.0 Å². The van der Waals surface area contributed by atoms with E-state index in [-0.39, 0.29) is 12.2 Å². The van der Waals surface area contributed by atoms with Crippen LogP contribution in [0.15, 0.2) is 0 Å². The number of nitrogens with one attached hydrogen (secondary N) is 3. The molecule has 0 radical (unpaired) electrons. The molecule has 32 heavy (non-hydrogen) atoms. The number of nitrogens with two attached hydrogens (primary N) is 2. The van der Waals surface area contributed by atoms with E-state index >= 15 is 0 Å². The van der Waals surface area contributed by atoms with Crippen molar-refractivity contribution in [1.82, 2.24) is 16.0 Å². The molecule has 4 unspecified atom stereocenters. The third-order valence-corrected chi connectivity index (χ3v) is 4.22. The lowest BCUT2D eigenvalue weighted by Gasteiger charge is -2.23. The van der Waals surface area contributed by atoms with Gasteiger partial charge in [-0.05, 0) is 6.42 Å². The van der Waals surface area contributed by atoms with Gasteiger partial charge in [-0.15, -0.1) is 0 Å². The molecule has 0 heterocycles. The number of aliphatic carboxylic acids is 3. The predicted octanol–water partition coefficient (Wildman–Crippen LogP) is -4.00. The first-order valence-electron chi connectivity index (χ1n) is 9.00. The molecule has 0 aromatic rings. The molecule has 0 aliphatic rings. The molecule has 0 aliphatic carbocycles. The Morgan fingerprint density at radius 1 is 0.750 bits per heavy atom. The normalized spacial score (nSPS) is 14.2. The predicted molar refractivity (Wildman–Crippen MR) is 108 cm³/mol. The van der Waals surface area contributed by atoms with Crippen LogP contribution < -0.4 is 27.4 Å². The van der Waals surface area contributed by atoms with E-state index in [1.54, 1.807) is 0 Å². The second kappa shape index (κ2) is 13.8. The molecule has 16 heteroatoms. The summed E-state index contributed by atoms with van der Waals surface area (Å²) in [4.78, 5) is 80.8. The minimum Gasteiger partial charge on any atom is -0.481 e. The Balaban J connectivity index is 5.43. The number of hydrogen-bond acceptors (Lipinski definition) is 9. The summed E-state index contributed by atoms with van der Waals surface area (Å²) in [6.07, 6.45) is -2.43. The van der Waals surface area contributed by atoms with Gasteiger partial charge in [0.05, 0.1) is 18.9 Å². The molecular weight excluding hydrogens is 454 g/mol. The van der Waals surface area contributed by atoms with Crippen molar-refractivity contribution in [3.8, 4) is 0 Å². The van der Waals surface area contributed by atoms with E-state index in [2.05, 4.69) is 17.9 Å². The quantitative estimate of drug-likeness (QED) is 0.102. The highest BCUT2D eigenvalue weighted by Gasteiger charge is 2.32. The van der Waals surface area contributed by atoms with Crippen molar-refractivity contribution < 1.29 is 48.9 Å². The van der Waals surface area contributed by atoms with E-state index in [1.165, 1.54) is 0 Å². The second-order valence-corrected chi connectivity index (χ2v) is 6.88. The molecule has 0 bridgehead atoms. The first-order chi connectivity index (χ1) is 14.8. The first-order valence-corrected chi connectivity index (χ1v) is 9.63. The van der Waals surface area contributed by atoms with Gasteiger partial charge in [-0.2, -0.15) is 12.6 Å². The molecule has 0 saturated heterocycles. The Bertz CT molecular complexity index is 761. The Kier molecular flexibility index (Phi) is 12.3. The summed E-state index contributed by atoms with van der Waals surface area (Å²) in [6.45, 7) is 0. The number of thiol groups is 1. The maximum absolute atomic E-state index is 12.5. The van der Waals surface area contributed by atoms with Crippen LogP contribution in [0.1, 0.15) is 25.7 Å². The lowest BCUT2D eigenvalue weighted by molar-refractivity contribution is -0.143. The maximum Gasteiger partial charge on any atom is 0.327 e. The number of carboxylic acids is 3. The standard InChI is InChI=1S/C16H25N5O10S/c17-6(1-2-11(23)24)13(27)19-7(3-10(18)22)14(28)20-8(4-12(25)26)15(29)21-9(5-32)16(30)31/h6-9,32H,1-5,17H2,(H2,18,22)(H,19,27)(H,20,28)(H,21,29)(H,23,24)(H,25,26)(H,30,31).